The van der Waals surface area contributed by atoms with Gasteiger partial charge in [0.25, 0.3) is 5.91 Å². The van der Waals surface area contributed by atoms with Gasteiger partial charge in [0.15, 0.2) is 0 Å². The molecule has 18 heavy (non-hydrogen) atoms. The van der Waals surface area contributed by atoms with Gasteiger partial charge in [-0.15, -0.1) is 0 Å². The fourth-order valence-electron chi connectivity index (χ4n) is 2.46. The van der Waals surface area contributed by atoms with E-state index in [1.807, 2.05) is 4.90 Å². The van der Waals surface area contributed by atoms with Crippen molar-refractivity contribution in [2.75, 3.05) is 24.6 Å². The molecule has 1 aromatic carbocycles. The SMILES string of the molecule is CC(C)C1CCN(C(=O)c2ccc(N)cc2N)C1. The molecule has 0 spiro atoms. The Labute approximate surface area is 108 Å². The number of likely N-dealkylation sites (tertiary alicyclic amines) is 1. The van der Waals surface area contributed by atoms with Crippen LogP contribution < -0.4 is 11.5 Å². The first kappa shape index (κ1) is 12.7. The summed E-state index contributed by atoms with van der Waals surface area (Å²) in [6, 6.07) is 5.08. The van der Waals surface area contributed by atoms with Crippen molar-refractivity contribution in [3.8, 4) is 0 Å². The van der Waals surface area contributed by atoms with E-state index in [4.69, 9.17) is 11.5 Å². The van der Waals surface area contributed by atoms with Gasteiger partial charge in [0.2, 0.25) is 0 Å². The maximum Gasteiger partial charge on any atom is 0.255 e. The van der Waals surface area contributed by atoms with E-state index in [1.165, 1.54) is 0 Å². The number of nitrogen functional groups attached to an aromatic ring is 2. The Morgan fingerprint density at radius 1 is 1.39 bits per heavy atom. The zero-order valence-corrected chi connectivity index (χ0v) is 11.0. The van der Waals surface area contributed by atoms with E-state index in [1.54, 1.807) is 18.2 Å². The number of rotatable bonds is 2. The number of hydrogen-bond acceptors (Lipinski definition) is 3. The first-order chi connectivity index (χ1) is 8.49. The molecule has 1 unspecified atom stereocenters. The molecule has 0 aliphatic carbocycles. The average molecular weight is 247 g/mol. The number of carbonyl (C=O) groups excluding carboxylic acids is 1. The normalized spacial score (nSPS) is 19.5. The summed E-state index contributed by atoms with van der Waals surface area (Å²) in [6.07, 6.45) is 1.08. The molecule has 1 aliphatic rings. The third-order valence-electron chi connectivity index (χ3n) is 3.76. The van der Waals surface area contributed by atoms with Crippen LogP contribution in [0.25, 0.3) is 0 Å². The standard InChI is InChI=1S/C14H21N3O/c1-9(2)10-5-6-17(8-10)14(18)12-4-3-11(15)7-13(12)16/h3-4,7,9-10H,5-6,8,15-16H2,1-2H3. The van der Waals surface area contributed by atoms with Gasteiger partial charge in [0.05, 0.1) is 5.56 Å². The second kappa shape index (κ2) is 4.88. The molecule has 4 heteroatoms. The molecule has 0 aromatic heterocycles. The quantitative estimate of drug-likeness (QED) is 0.785. The first-order valence-electron chi connectivity index (χ1n) is 6.43. The van der Waals surface area contributed by atoms with Gasteiger partial charge < -0.3 is 16.4 Å². The van der Waals surface area contributed by atoms with Gasteiger partial charge in [0.1, 0.15) is 0 Å². The number of anilines is 2. The molecule has 0 radical (unpaired) electrons. The first-order valence-corrected chi connectivity index (χ1v) is 6.43. The van der Waals surface area contributed by atoms with Crippen LogP contribution in [0.2, 0.25) is 0 Å². The number of nitrogens with two attached hydrogens (primary N) is 2. The van der Waals surface area contributed by atoms with Gasteiger partial charge in [0, 0.05) is 24.5 Å². The van der Waals surface area contributed by atoms with Gasteiger partial charge in [-0.05, 0) is 36.5 Å². The zero-order chi connectivity index (χ0) is 13.3. The Morgan fingerprint density at radius 3 is 2.67 bits per heavy atom. The third-order valence-corrected chi connectivity index (χ3v) is 3.76. The highest BCUT2D eigenvalue weighted by atomic mass is 16.2. The monoisotopic (exact) mass is 247 g/mol. The van der Waals surface area contributed by atoms with E-state index >= 15 is 0 Å². The predicted molar refractivity (Wildman–Crippen MR) is 74.1 cm³/mol. The lowest BCUT2D eigenvalue weighted by Gasteiger charge is -2.19. The molecule has 4 N–H and O–H groups in total. The van der Waals surface area contributed by atoms with Crippen molar-refractivity contribution >= 4 is 17.3 Å². The van der Waals surface area contributed by atoms with Crippen molar-refractivity contribution in [2.45, 2.75) is 20.3 Å². The Bertz CT molecular complexity index is 456. The molecular formula is C14H21N3O. The Balaban J connectivity index is 2.13. The van der Waals surface area contributed by atoms with Crippen LogP contribution in [0, 0.1) is 11.8 Å². The topological polar surface area (TPSA) is 72.3 Å². The van der Waals surface area contributed by atoms with E-state index in [2.05, 4.69) is 13.8 Å². The molecule has 2 rings (SSSR count). The fraction of sp³-hybridized carbons (Fsp3) is 0.500. The van der Waals surface area contributed by atoms with Crippen LogP contribution in [-0.2, 0) is 0 Å². The lowest BCUT2D eigenvalue weighted by atomic mass is 9.95. The van der Waals surface area contributed by atoms with Crippen LogP contribution in [0.4, 0.5) is 11.4 Å². The minimum Gasteiger partial charge on any atom is -0.399 e. The minimum absolute atomic E-state index is 0.0238. The summed E-state index contributed by atoms with van der Waals surface area (Å²) in [5.74, 6) is 1.24. The van der Waals surface area contributed by atoms with Gasteiger partial charge in [-0.3, -0.25) is 4.79 Å². The molecule has 1 fully saturated rings. The zero-order valence-electron chi connectivity index (χ0n) is 11.0. The van der Waals surface area contributed by atoms with Crippen molar-refractivity contribution < 1.29 is 4.79 Å². The lowest BCUT2D eigenvalue weighted by molar-refractivity contribution is 0.0785. The summed E-state index contributed by atoms with van der Waals surface area (Å²) >= 11 is 0. The van der Waals surface area contributed by atoms with Crippen molar-refractivity contribution in [3.63, 3.8) is 0 Å². The van der Waals surface area contributed by atoms with E-state index in [0.29, 0.717) is 28.8 Å². The van der Waals surface area contributed by atoms with Gasteiger partial charge in [-0.25, -0.2) is 0 Å². The second-order valence-corrected chi connectivity index (χ2v) is 5.39. The molecule has 0 bridgehead atoms. The Kier molecular flexibility index (Phi) is 3.45. The number of amides is 1. The number of benzene rings is 1. The van der Waals surface area contributed by atoms with E-state index < -0.39 is 0 Å². The van der Waals surface area contributed by atoms with Crippen LogP contribution in [0.15, 0.2) is 18.2 Å². The van der Waals surface area contributed by atoms with Crippen molar-refractivity contribution in [1.82, 2.24) is 4.90 Å². The summed E-state index contributed by atoms with van der Waals surface area (Å²) in [7, 11) is 0. The average Bonchev–Trinajstić information content (AvgIpc) is 2.77. The number of nitrogens with zero attached hydrogens (tertiary/aromatic N) is 1. The number of carbonyl (C=O) groups is 1. The highest BCUT2D eigenvalue weighted by Gasteiger charge is 2.29. The molecule has 1 saturated heterocycles. The van der Waals surface area contributed by atoms with Crippen molar-refractivity contribution in [1.29, 1.82) is 0 Å². The summed E-state index contributed by atoms with van der Waals surface area (Å²) in [5.41, 5.74) is 13.1. The van der Waals surface area contributed by atoms with Crippen LogP contribution in [0.3, 0.4) is 0 Å². The van der Waals surface area contributed by atoms with Crippen LogP contribution in [-0.4, -0.2) is 23.9 Å². The highest BCUT2D eigenvalue weighted by Crippen LogP contribution is 2.26. The van der Waals surface area contributed by atoms with Crippen LogP contribution in [0.1, 0.15) is 30.6 Å². The Hall–Kier alpha value is -1.71. The molecule has 1 heterocycles. The predicted octanol–water partition coefficient (Wildman–Crippen LogP) is 1.97. The molecule has 1 aliphatic heterocycles. The fourth-order valence-corrected chi connectivity index (χ4v) is 2.46. The molecule has 4 nitrogen and oxygen atoms in total. The molecule has 0 saturated carbocycles. The van der Waals surface area contributed by atoms with Gasteiger partial charge in [-0.2, -0.15) is 0 Å². The summed E-state index contributed by atoms with van der Waals surface area (Å²) < 4.78 is 0. The summed E-state index contributed by atoms with van der Waals surface area (Å²) in [6.45, 7) is 6.07. The molecular weight excluding hydrogens is 226 g/mol. The summed E-state index contributed by atoms with van der Waals surface area (Å²) in [5, 5.41) is 0. The number of hydrogen-bond donors (Lipinski definition) is 2. The molecule has 1 atom stereocenters. The van der Waals surface area contributed by atoms with E-state index in [9.17, 15) is 4.79 Å². The molecule has 1 aromatic rings. The van der Waals surface area contributed by atoms with Gasteiger partial charge in [-0.1, -0.05) is 13.8 Å². The molecule has 1 amide bonds. The highest BCUT2D eigenvalue weighted by molar-refractivity contribution is 5.99. The van der Waals surface area contributed by atoms with Crippen LogP contribution in [0.5, 0.6) is 0 Å². The minimum atomic E-state index is 0.0238. The largest absolute Gasteiger partial charge is 0.399 e. The maximum absolute atomic E-state index is 12.4. The van der Waals surface area contributed by atoms with Gasteiger partial charge >= 0.3 is 0 Å². The second-order valence-electron chi connectivity index (χ2n) is 5.39. The summed E-state index contributed by atoms with van der Waals surface area (Å²) in [4.78, 5) is 14.2. The Morgan fingerprint density at radius 2 is 2.11 bits per heavy atom. The molecule has 98 valence electrons. The van der Waals surface area contributed by atoms with Crippen molar-refractivity contribution in [2.24, 2.45) is 11.8 Å². The van der Waals surface area contributed by atoms with E-state index in [-0.39, 0.29) is 5.91 Å². The van der Waals surface area contributed by atoms with E-state index in [0.717, 1.165) is 19.5 Å². The van der Waals surface area contributed by atoms with Crippen LogP contribution >= 0.6 is 0 Å². The smallest absolute Gasteiger partial charge is 0.255 e. The van der Waals surface area contributed by atoms with Crippen molar-refractivity contribution in [3.05, 3.63) is 23.8 Å². The lowest BCUT2D eigenvalue weighted by Crippen LogP contribution is -2.30. The maximum atomic E-state index is 12.4. The third kappa shape index (κ3) is 2.42.